The molecule has 1 heterocycles. The second-order valence-electron chi connectivity index (χ2n) is 7.98. The Morgan fingerprint density at radius 3 is 2.41 bits per heavy atom. The van der Waals surface area contributed by atoms with Gasteiger partial charge >= 0.3 is 0 Å². The van der Waals surface area contributed by atoms with E-state index in [1.807, 2.05) is 24.3 Å². The molecule has 9 heteroatoms. The topological polar surface area (TPSA) is 92.3 Å². The molecule has 180 valence electrons. The minimum absolute atomic E-state index is 0.0235. The van der Waals surface area contributed by atoms with Crippen LogP contribution in [0.1, 0.15) is 23.6 Å². The highest BCUT2D eigenvalue weighted by atomic mass is 32.2. The van der Waals surface area contributed by atoms with E-state index >= 15 is 0 Å². The Balaban J connectivity index is 1.70. The molecule has 0 saturated carbocycles. The lowest BCUT2D eigenvalue weighted by molar-refractivity contribution is -0.130. The van der Waals surface area contributed by atoms with Crippen molar-refractivity contribution >= 4 is 17.7 Å². The number of hydrogen-bond acceptors (Lipinski definition) is 6. The molecular formula is C25H28F2N4O2S. The van der Waals surface area contributed by atoms with Gasteiger partial charge < -0.3 is 15.7 Å². The van der Waals surface area contributed by atoms with Gasteiger partial charge in [-0.25, -0.2) is 18.7 Å². The van der Waals surface area contributed by atoms with E-state index in [9.17, 15) is 18.7 Å². The highest BCUT2D eigenvalue weighted by Crippen LogP contribution is 2.17. The third-order valence-electron chi connectivity index (χ3n) is 5.29. The van der Waals surface area contributed by atoms with Gasteiger partial charge in [0.25, 0.3) is 0 Å². The number of aliphatic hydroxyl groups excluding tert-OH is 1. The predicted molar refractivity (Wildman–Crippen MR) is 128 cm³/mol. The van der Waals surface area contributed by atoms with Crippen molar-refractivity contribution in [2.45, 2.75) is 43.6 Å². The van der Waals surface area contributed by atoms with Crippen molar-refractivity contribution < 1.29 is 18.7 Å². The van der Waals surface area contributed by atoms with Crippen molar-refractivity contribution in [2.75, 3.05) is 12.3 Å². The van der Waals surface area contributed by atoms with Crippen LogP contribution in [0.15, 0.2) is 66.1 Å². The molecule has 3 N–H and O–H groups in total. The zero-order chi connectivity index (χ0) is 24.5. The van der Waals surface area contributed by atoms with E-state index < -0.39 is 23.8 Å². The van der Waals surface area contributed by atoms with Crippen LogP contribution in [-0.2, 0) is 24.2 Å². The van der Waals surface area contributed by atoms with Crippen molar-refractivity contribution in [1.29, 1.82) is 0 Å². The van der Waals surface area contributed by atoms with Crippen LogP contribution in [0, 0.1) is 11.6 Å². The largest absolute Gasteiger partial charge is 0.390 e. The van der Waals surface area contributed by atoms with E-state index in [-0.39, 0.29) is 24.6 Å². The number of rotatable bonds is 11. The SMILES string of the molecule is CCc1cccc(CN(CC(O)C(N)Cc2cc(F)cc(F)c2)C(=O)CSc2ncccn2)c1. The molecule has 0 aliphatic heterocycles. The molecule has 0 bridgehead atoms. The number of aromatic nitrogens is 2. The smallest absolute Gasteiger partial charge is 0.233 e. The quantitative estimate of drug-likeness (QED) is 0.319. The van der Waals surface area contributed by atoms with E-state index in [0.717, 1.165) is 23.6 Å². The summed E-state index contributed by atoms with van der Waals surface area (Å²) in [6.45, 7) is 2.32. The Labute approximate surface area is 202 Å². The summed E-state index contributed by atoms with van der Waals surface area (Å²) in [6.07, 6.45) is 3.04. The van der Waals surface area contributed by atoms with Gasteiger partial charge in [-0.2, -0.15) is 0 Å². The van der Waals surface area contributed by atoms with Crippen LogP contribution in [0.2, 0.25) is 0 Å². The number of halogens is 2. The predicted octanol–water partition coefficient (Wildman–Crippen LogP) is 3.37. The molecule has 0 saturated heterocycles. The summed E-state index contributed by atoms with van der Waals surface area (Å²) in [5.74, 6) is -1.52. The fourth-order valence-electron chi connectivity index (χ4n) is 3.50. The number of nitrogens with two attached hydrogens (primary N) is 1. The monoisotopic (exact) mass is 486 g/mol. The summed E-state index contributed by atoms with van der Waals surface area (Å²) < 4.78 is 27.0. The fraction of sp³-hybridized carbons (Fsp3) is 0.320. The van der Waals surface area contributed by atoms with Gasteiger partial charge in [0.2, 0.25) is 5.91 Å². The average molecular weight is 487 g/mol. The van der Waals surface area contributed by atoms with Crippen LogP contribution in [0.5, 0.6) is 0 Å². The summed E-state index contributed by atoms with van der Waals surface area (Å²) in [4.78, 5) is 22.9. The van der Waals surface area contributed by atoms with Crippen molar-refractivity contribution in [3.8, 4) is 0 Å². The fourth-order valence-corrected chi connectivity index (χ4v) is 4.20. The van der Waals surface area contributed by atoms with E-state index in [4.69, 9.17) is 5.73 Å². The number of benzene rings is 2. The summed E-state index contributed by atoms with van der Waals surface area (Å²) in [5, 5.41) is 11.2. The molecule has 3 rings (SSSR count). The highest BCUT2D eigenvalue weighted by Gasteiger charge is 2.23. The van der Waals surface area contributed by atoms with Gasteiger partial charge in [0, 0.05) is 37.6 Å². The molecule has 0 aliphatic rings. The Morgan fingerprint density at radius 2 is 1.74 bits per heavy atom. The maximum Gasteiger partial charge on any atom is 0.233 e. The number of thioether (sulfide) groups is 1. The Hall–Kier alpha value is -2.88. The molecule has 1 aromatic heterocycles. The molecule has 3 aromatic rings. The van der Waals surface area contributed by atoms with Crippen LogP contribution >= 0.6 is 11.8 Å². The highest BCUT2D eigenvalue weighted by molar-refractivity contribution is 7.99. The first-order valence-corrected chi connectivity index (χ1v) is 12.0. The molecule has 2 atom stereocenters. The maximum atomic E-state index is 13.5. The molecule has 0 aliphatic carbocycles. The number of nitrogens with zero attached hydrogens (tertiary/aromatic N) is 3. The van der Waals surface area contributed by atoms with Gasteiger partial charge in [-0.05, 0) is 47.7 Å². The van der Waals surface area contributed by atoms with Crippen molar-refractivity contribution in [2.24, 2.45) is 5.73 Å². The van der Waals surface area contributed by atoms with Gasteiger partial charge in [0.05, 0.1) is 11.9 Å². The average Bonchev–Trinajstić information content (AvgIpc) is 2.82. The van der Waals surface area contributed by atoms with Crippen molar-refractivity contribution in [3.63, 3.8) is 0 Å². The Morgan fingerprint density at radius 1 is 1.06 bits per heavy atom. The first-order valence-electron chi connectivity index (χ1n) is 11.0. The zero-order valence-electron chi connectivity index (χ0n) is 18.9. The number of aryl methyl sites for hydroxylation is 1. The number of aliphatic hydroxyl groups is 1. The Bertz CT molecular complexity index is 1070. The van der Waals surface area contributed by atoms with Crippen molar-refractivity contribution in [3.05, 3.63) is 89.2 Å². The number of carbonyl (C=O) groups is 1. The van der Waals surface area contributed by atoms with Crippen LogP contribution in [-0.4, -0.2) is 50.3 Å². The summed E-state index contributed by atoms with van der Waals surface area (Å²) in [7, 11) is 0. The summed E-state index contributed by atoms with van der Waals surface area (Å²) in [5.41, 5.74) is 8.56. The van der Waals surface area contributed by atoms with E-state index in [1.165, 1.54) is 23.9 Å². The van der Waals surface area contributed by atoms with Crippen LogP contribution in [0.3, 0.4) is 0 Å². The lowest BCUT2D eigenvalue weighted by Crippen LogP contribution is -2.46. The molecule has 6 nitrogen and oxygen atoms in total. The summed E-state index contributed by atoms with van der Waals surface area (Å²) in [6, 6.07) is 11.9. The van der Waals surface area contributed by atoms with Gasteiger partial charge in [-0.3, -0.25) is 4.79 Å². The lowest BCUT2D eigenvalue weighted by Gasteiger charge is -2.28. The minimum Gasteiger partial charge on any atom is -0.390 e. The van der Waals surface area contributed by atoms with Crippen molar-refractivity contribution in [1.82, 2.24) is 14.9 Å². The minimum atomic E-state index is -1.09. The van der Waals surface area contributed by atoms with E-state index in [2.05, 4.69) is 16.9 Å². The van der Waals surface area contributed by atoms with Gasteiger partial charge in [0.1, 0.15) is 11.6 Å². The number of amides is 1. The molecule has 2 unspecified atom stereocenters. The molecule has 0 spiro atoms. The van der Waals surface area contributed by atoms with Gasteiger partial charge in [-0.15, -0.1) is 0 Å². The number of hydrogen-bond donors (Lipinski definition) is 2. The molecule has 34 heavy (non-hydrogen) atoms. The Kier molecular flexibility index (Phi) is 9.50. The van der Waals surface area contributed by atoms with Crippen LogP contribution < -0.4 is 5.73 Å². The van der Waals surface area contributed by atoms with E-state index in [0.29, 0.717) is 17.3 Å². The van der Waals surface area contributed by atoms with E-state index in [1.54, 1.807) is 23.4 Å². The van der Waals surface area contributed by atoms with Gasteiger partial charge in [-0.1, -0.05) is 43.0 Å². The molecular weight excluding hydrogens is 458 g/mol. The first kappa shape index (κ1) is 25.7. The first-order chi connectivity index (χ1) is 16.3. The normalized spacial score (nSPS) is 12.9. The second kappa shape index (κ2) is 12.5. The van der Waals surface area contributed by atoms with Gasteiger partial charge in [0.15, 0.2) is 5.16 Å². The standard InChI is InChI=1S/C25H28F2N4O2S/c1-2-17-5-3-6-18(9-17)14-31(24(33)16-34-25-29-7-4-8-30-25)15-23(32)22(28)12-19-10-20(26)13-21(27)11-19/h3-11,13,22-23,32H,2,12,14-16,28H2,1H3. The maximum absolute atomic E-state index is 13.5. The van der Waals surface area contributed by atoms with Crippen LogP contribution in [0.25, 0.3) is 0 Å². The van der Waals surface area contributed by atoms with Crippen LogP contribution in [0.4, 0.5) is 8.78 Å². The summed E-state index contributed by atoms with van der Waals surface area (Å²) >= 11 is 1.21. The zero-order valence-corrected chi connectivity index (χ0v) is 19.7. The third-order valence-corrected chi connectivity index (χ3v) is 6.15. The number of carbonyl (C=O) groups excluding carboxylic acids is 1. The molecule has 0 radical (unpaired) electrons. The lowest BCUT2D eigenvalue weighted by atomic mass is 10.0. The second-order valence-corrected chi connectivity index (χ2v) is 8.92. The third kappa shape index (κ3) is 7.86. The molecule has 2 aromatic carbocycles. The molecule has 1 amide bonds. The molecule has 0 fully saturated rings.